The van der Waals surface area contributed by atoms with E-state index in [0.717, 1.165) is 4.90 Å². The number of carbonyl (C=O) groups is 2. The lowest BCUT2D eigenvalue weighted by Gasteiger charge is -2.28. The number of nitrogens with two attached hydrogens (primary N) is 1. The molecule has 0 spiro atoms. The van der Waals surface area contributed by atoms with Crippen molar-refractivity contribution in [1.82, 2.24) is 4.90 Å². The zero-order valence-electron chi connectivity index (χ0n) is 9.53. The molecular formula is C12H12ClFN2O2. The van der Waals surface area contributed by atoms with Gasteiger partial charge in [0.1, 0.15) is 5.82 Å². The lowest BCUT2D eigenvalue weighted by Crippen LogP contribution is -2.50. The SMILES string of the molecule is NC1CCC(=O)N(Cc2cc(Cl)ccc2F)C1=O. The highest BCUT2D eigenvalue weighted by Crippen LogP contribution is 2.20. The number of hydrogen-bond donors (Lipinski definition) is 1. The van der Waals surface area contributed by atoms with Gasteiger partial charge in [-0.25, -0.2) is 4.39 Å². The molecule has 1 atom stereocenters. The van der Waals surface area contributed by atoms with Crippen LogP contribution in [0.1, 0.15) is 18.4 Å². The zero-order chi connectivity index (χ0) is 13.3. The van der Waals surface area contributed by atoms with Crippen molar-refractivity contribution in [3.63, 3.8) is 0 Å². The molecule has 96 valence electrons. The van der Waals surface area contributed by atoms with Crippen LogP contribution in [0.15, 0.2) is 18.2 Å². The molecule has 0 aliphatic carbocycles. The maximum Gasteiger partial charge on any atom is 0.246 e. The fourth-order valence-corrected chi connectivity index (χ4v) is 2.06. The van der Waals surface area contributed by atoms with Gasteiger partial charge < -0.3 is 5.73 Å². The highest BCUT2D eigenvalue weighted by atomic mass is 35.5. The van der Waals surface area contributed by atoms with Crippen LogP contribution >= 0.6 is 11.6 Å². The van der Waals surface area contributed by atoms with Gasteiger partial charge in [-0.3, -0.25) is 14.5 Å². The number of imide groups is 1. The van der Waals surface area contributed by atoms with Gasteiger partial charge in [0, 0.05) is 17.0 Å². The van der Waals surface area contributed by atoms with E-state index in [-0.39, 0.29) is 24.4 Å². The third-order valence-corrected chi connectivity index (χ3v) is 3.12. The first-order chi connectivity index (χ1) is 8.49. The fraction of sp³-hybridized carbons (Fsp3) is 0.333. The van der Waals surface area contributed by atoms with Gasteiger partial charge in [0.25, 0.3) is 0 Å². The average molecular weight is 271 g/mol. The topological polar surface area (TPSA) is 63.4 Å². The molecule has 0 radical (unpaired) electrons. The van der Waals surface area contributed by atoms with Gasteiger partial charge in [-0.05, 0) is 24.6 Å². The van der Waals surface area contributed by atoms with Gasteiger partial charge in [0.2, 0.25) is 11.8 Å². The van der Waals surface area contributed by atoms with Crippen molar-refractivity contribution in [1.29, 1.82) is 0 Å². The molecule has 0 aromatic heterocycles. The Morgan fingerprint density at radius 3 is 2.89 bits per heavy atom. The van der Waals surface area contributed by atoms with E-state index >= 15 is 0 Å². The monoisotopic (exact) mass is 270 g/mol. The van der Waals surface area contributed by atoms with Crippen molar-refractivity contribution in [3.05, 3.63) is 34.6 Å². The number of likely N-dealkylation sites (tertiary alicyclic amines) is 1. The number of benzene rings is 1. The third kappa shape index (κ3) is 2.52. The molecule has 1 saturated heterocycles. The number of nitrogens with zero attached hydrogens (tertiary/aromatic N) is 1. The smallest absolute Gasteiger partial charge is 0.246 e. The van der Waals surface area contributed by atoms with Gasteiger partial charge in [-0.15, -0.1) is 0 Å². The summed E-state index contributed by atoms with van der Waals surface area (Å²) >= 11 is 5.76. The first-order valence-electron chi connectivity index (χ1n) is 5.53. The predicted molar refractivity (Wildman–Crippen MR) is 64.2 cm³/mol. The quantitative estimate of drug-likeness (QED) is 0.828. The predicted octanol–water partition coefficient (Wildman–Crippen LogP) is 1.46. The Hall–Kier alpha value is -1.46. The van der Waals surface area contributed by atoms with Crippen LogP contribution in [-0.4, -0.2) is 22.8 Å². The molecule has 1 heterocycles. The molecule has 0 bridgehead atoms. The summed E-state index contributed by atoms with van der Waals surface area (Å²) in [6.07, 6.45) is 0.543. The fourth-order valence-electron chi connectivity index (χ4n) is 1.86. The Kier molecular flexibility index (Phi) is 3.63. The van der Waals surface area contributed by atoms with E-state index in [1.54, 1.807) is 0 Å². The molecule has 6 heteroatoms. The first-order valence-corrected chi connectivity index (χ1v) is 5.90. The number of rotatable bonds is 2. The highest BCUT2D eigenvalue weighted by molar-refractivity contribution is 6.30. The number of amides is 2. The molecule has 0 saturated carbocycles. The Labute approximate surface area is 109 Å². The summed E-state index contributed by atoms with van der Waals surface area (Å²) in [5.41, 5.74) is 5.80. The highest BCUT2D eigenvalue weighted by Gasteiger charge is 2.32. The molecular weight excluding hydrogens is 259 g/mol. The van der Waals surface area contributed by atoms with Crippen molar-refractivity contribution in [2.24, 2.45) is 5.73 Å². The molecule has 1 aliphatic rings. The summed E-state index contributed by atoms with van der Waals surface area (Å²) in [5, 5.41) is 0.354. The van der Waals surface area contributed by atoms with Crippen LogP contribution in [-0.2, 0) is 16.1 Å². The van der Waals surface area contributed by atoms with Crippen LogP contribution in [0.4, 0.5) is 4.39 Å². The summed E-state index contributed by atoms with van der Waals surface area (Å²) in [6.45, 7) is -0.127. The number of hydrogen-bond acceptors (Lipinski definition) is 3. The maximum absolute atomic E-state index is 13.5. The Morgan fingerprint density at radius 1 is 1.44 bits per heavy atom. The molecule has 1 aliphatic heterocycles. The third-order valence-electron chi connectivity index (χ3n) is 2.89. The molecule has 2 amide bonds. The van der Waals surface area contributed by atoms with Gasteiger partial charge in [0.05, 0.1) is 12.6 Å². The van der Waals surface area contributed by atoms with Crippen LogP contribution < -0.4 is 5.73 Å². The van der Waals surface area contributed by atoms with E-state index in [2.05, 4.69) is 0 Å². The van der Waals surface area contributed by atoms with Crippen molar-refractivity contribution in [3.8, 4) is 0 Å². The van der Waals surface area contributed by atoms with E-state index in [0.29, 0.717) is 11.4 Å². The van der Waals surface area contributed by atoms with Crippen LogP contribution in [0.2, 0.25) is 5.02 Å². The normalized spacial score (nSPS) is 20.4. The molecule has 1 aromatic carbocycles. The second-order valence-electron chi connectivity index (χ2n) is 4.20. The first kappa shape index (κ1) is 13.0. The van der Waals surface area contributed by atoms with Crippen LogP contribution in [0, 0.1) is 5.82 Å². The van der Waals surface area contributed by atoms with Crippen molar-refractivity contribution in [2.75, 3.05) is 0 Å². The van der Waals surface area contributed by atoms with Gasteiger partial charge in [-0.1, -0.05) is 11.6 Å². The maximum atomic E-state index is 13.5. The molecule has 1 aromatic rings. The van der Waals surface area contributed by atoms with E-state index in [4.69, 9.17) is 17.3 Å². The molecule has 1 fully saturated rings. The number of carbonyl (C=O) groups excluding carboxylic acids is 2. The molecule has 18 heavy (non-hydrogen) atoms. The summed E-state index contributed by atoms with van der Waals surface area (Å²) in [4.78, 5) is 24.4. The number of halogens is 2. The molecule has 2 N–H and O–H groups in total. The van der Waals surface area contributed by atoms with Gasteiger partial charge in [-0.2, -0.15) is 0 Å². The molecule has 2 rings (SSSR count). The number of piperidine rings is 1. The van der Waals surface area contributed by atoms with Gasteiger partial charge >= 0.3 is 0 Å². The van der Waals surface area contributed by atoms with Gasteiger partial charge in [0.15, 0.2) is 0 Å². The van der Waals surface area contributed by atoms with Crippen LogP contribution in [0.5, 0.6) is 0 Å². The summed E-state index contributed by atoms with van der Waals surface area (Å²) in [5.74, 6) is -1.30. The summed E-state index contributed by atoms with van der Waals surface area (Å²) < 4.78 is 13.5. The second-order valence-corrected chi connectivity index (χ2v) is 4.64. The summed E-state index contributed by atoms with van der Waals surface area (Å²) in [7, 11) is 0. The minimum atomic E-state index is -0.690. The van der Waals surface area contributed by atoms with Crippen molar-refractivity contribution < 1.29 is 14.0 Å². The molecule has 4 nitrogen and oxygen atoms in total. The molecule has 1 unspecified atom stereocenters. The summed E-state index contributed by atoms with van der Waals surface area (Å²) in [6, 6.07) is 3.32. The van der Waals surface area contributed by atoms with E-state index < -0.39 is 17.8 Å². The average Bonchev–Trinajstić information content (AvgIpc) is 2.34. The van der Waals surface area contributed by atoms with E-state index in [1.165, 1.54) is 18.2 Å². The van der Waals surface area contributed by atoms with E-state index in [1.807, 2.05) is 0 Å². The Balaban J connectivity index is 2.24. The largest absolute Gasteiger partial charge is 0.320 e. The van der Waals surface area contributed by atoms with Crippen molar-refractivity contribution in [2.45, 2.75) is 25.4 Å². The minimum absolute atomic E-state index is 0.127. The lowest BCUT2D eigenvalue weighted by atomic mass is 10.0. The minimum Gasteiger partial charge on any atom is -0.320 e. The lowest BCUT2D eigenvalue weighted by molar-refractivity contribution is -0.149. The standard InChI is InChI=1S/C12H12ClFN2O2/c13-8-1-2-9(14)7(5-8)6-16-11(17)4-3-10(15)12(16)18/h1-2,5,10H,3-4,6,15H2. The zero-order valence-corrected chi connectivity index (χ0v) is 10.3. The Morgan fingerprint density at radius 2 is 2.17 bits per heavy atom. The second kappa shape index (κ2) is 5.04. The van der Waals surface area contributed by atoms with E-state index in [9.17, 15) is 14.0 Å². The van der Waals surface area contributed by atoms with Crippen molar-refractivity contribution >= 4 is 23.4 Å². The Bertz CT molecular complexity index is 507. The van der Waals surface area contributed by atoms with Crippen LogP contribution in [0.25, 0.3) is 0 Å². The van der Waals surface area contributed by atoms with Crippen LogP contribution in [0.3, 0.4) is 0 Å².